The molecule has 0 aromatic carbocycles. The average molecular weight is 373 g/mol. The van der Waals surface area contributed by atoms with Crippen LogP contribution in [0, 0.1) is 0 Å². The van der Waals surface area contributed by atoms with Gasteiger partial charge in [-0.25, -0.2) is 14.4 Å². The topological polar surface area (TPSA) is 83.1 Å². The normalized spacial score (nSPS) is 21.4. The van der Waals surface area contributed by atoms with Gasteiger partial charge >= 0.3 is 0 Å². The summed E-state index contributed by atoms with van der Waals surface area (Å²) >= 11 is 0. The molecule has 2 aromatic heterocycles. The zero-order valence-electron chi connectivity index (χ0n) is 15.2. The van der Waals surface area contributed by atoms with Crippen molar-refractivity contribution in [1.29, 1.82) is 0 Å². The van der Waals surface area contributed by atoms with Gasteiger partial charge in [0.15, 0.2) is 5.83 Å². The zero-order valence-corrected chi connectivity index (χ0v) is 15.2. The Morgan fingerprint density at radius 3 is 2.93 bits per heavy atom. The Hall–Kier alpha value is -2.48. The van der Waals surface area contributed by atoms with Gasteiger partial charge in [-0.3, -0.25) is 4.79 Å². The molecule has 0 aliphatic carbocycles. The Bertz CT molecular complexity index is 846. The Morgan fingerprint density at radius 2 is 2.15 bits per heavy atom. The number of aromatic nitrogens is 3. The number of rotatable bonds is 4. The van der Waals surface area contributed by atoms with E-state index in [1.54, 1.807) is 0 Å². The number of carbonyl (C=O) groups excluding carboxylic acids is 1. The number of likely N-dealkylation sites (tertiary alicyclic amines) is 1. The van der Waals surface area contributed by atoms with Gasteiger partial charge in [0.05, 0.1) is 5.39 Å². The first-order valence-corrected chi connectivity index (χ1v) is 9.43. The molecule has 0 unspecified atom stereocenters. The van der Waals surface area contributed by atoms with Gasteiger partial charge in [0.2, 0.25) is 0 Å². The maximum Gasteiger partial charge on any atom is 0.282 e. The van der Waals surface area contributed by atoms with Gasteiger partial charge in [0, 0.05) is 38.5 Å². The molecule has 0 radical (unpaired) electrons. The highest BCUT2D eigenvalue weighted by atomic mass is 19.1. The predicted octanol–water partition coefficient (Wildman–Crippen LogP) is 2.74. The number of amides is 1. The molecular formula is C19H24FN5O2. The van der Waals surface area contributed by atoms with Crippen LogP contribution in [0.1, 0.15) is 37.2 Å². The monoisotopic (exact) mass is 373 g/mol. The lowest BCUT2D eigenvalue weighted by molar-refractivity contribution is -0.129. The molecule has 0 spiro atoms. The molecule has 0 saturated carbocycles. The molecule has 0 bridgehead atoms. The lowest BCUT2D eigenvalue weighted by Crippen LogP contribution is -2.45. The first-order chi connectivity index (χ1) is 13.1. The third-order valence-electron chi connectivity index (χ3n) is 5.44. The summed E-state index contributed by atoms with van der Waals surface area (Å²) < 4.78 is 18.7. The van der Waals surface area contributed by atoms with Crippen LogP contribution in [0.2, 0.25) is 0 Å². The third kappa shape index (κ3) is 3.66. The van der Waals surface area contributed by atoms with Gasteiger partial charge < -0.3 is 19.9 Å². The number of piperidine rings is 1. The highest BCUT2D eigenvalue weighted by Crippen LogP contribution is 2.35. The Morgan fingerprint density at radius 1 is 1.33 bits per heavy atom. The maximum atomic E-state index is 13.2. The van der Waals surface area contributed by atoms with Crippen molar-refractivity contribution in [3.8, 4) is 0 Å². The fourth-order valence-corrected chi connectivity index (χ4v) is 4.07. The summed E-state index contributed by atoms with van der Waals surface area (Å²) in [5.74, 6) is -0.356. The second-order valence-electron chi connectivity index (χ2n) is 7.22. The van der Waals surface area contributed by atoms with Crippen LogP contribution in [0.25, 0.3) is 11.0 Å². The molecule has 2 aliphatic heterocycles. The second-order valence-corrected chi connectivity index (χ2v) is 7.22. The Kier molecular flexibility index (Phi) is 5.07. The number of halogens is 1. The fourth-order valence-electron chi connectivity index (χ4n) is 4.07. The van der Waals surface area contributed by atoms with E-state index in [1.807, 2.05) is 6.20 Å². The molecule has 1 atom stereocenters. The molecule has 27 heavy (non-hydrogen) atoms. The van der Waals surface area contributed by atoms with Crippen LogP contribution in [0.3, 0.4) is 0 Å². The van der Waals surface area contributed by atoms with E-state index in [-0.39, 0.29) is 6.04 Å². The number of anilines is 1. The van der Waals surface area contributed by atoms with Crippen molar-refractivity contribution in [3.05, 3.63) is 30.5 Å². The Balaban J connectivity index is 1.57. The lowest BCUT2D eigenvalue weighted by atomic mass is 9.92. The number of hydrogen-bond acceptors (Lipinski definition) is 5. The summed E-state index contributed by atoms with van der Waals surface area (Å²) in [6, 6.07) is 0.0117. The van der Waals surface area contributed by atoms with Crippen molar-refractivity contribution < 1.29 is 13.9 Å². The molecular weight excluding hydrogens is 349 g/mol. The number of fused-ring (bicyclic) bond motifs is 1. The SMILES string of the molecule is C=C(F)C(=O)N1CCC[C@@H](Nc2ncnc3[nH]cc(C4CCOCC4)c23)C1. The quantitative estimate of drug-likeness (QED) is 0.805. The minimum atomic E-state index is -0.910. The van der Waals surface area contributed by atoms with Crippen LogP contribution in [-0.2, 0) is 9.53 Å². The van der Waals surface area contributed by atoms with Crippen molar-refractivity contribution in [2.24, 2.45) is 0 Å². The summed E-state index contributed by atoms with van der Waals surface area (Å²) in [6.07, 6.45) is 7.21. The van der Waals surface area contributed by atoms with E-state index < -0.39 is 11.7 Å². The second kappa shape index (κ2) is 7.64. The third-order valence-corrected chi connectivity index (χ3v) is 5.44. The number of H-pyrrole nitrogens is 1. The van der Waals surface area contributed by atoms with Crippen LogP contribution < -0.4 is 5.32 Å². The smallest absolute Gasteiger partial charge is 0.282 e. The van der Waals surface area contributed by atoms with Crippen LogP contribution in [0.5, 0.6) is 0 Å². The van der Waals surface area contributed by atoms with E-state index in [1.165, 1.54) is 16.8 Å². The van der Waals surface area contributed by atoms with Gasteiger partial charge in [0.25, 0.3) is 5.91 Å². The number of hydrogen-bond donors (Lipinski definition) is 2. The summed E-state index contributed by atoms with van der Waals surface area (Å²) in [6.45, 7) is 5.64. The van der Waals surface area contributed by atoms with E-state index in [0.717, 1.165) is 55.7 Å². The van der Waals surface area contributed by atoms with Crippen LogP contribution in [0.15, 0.2) is 24.9 Å². The van der Waals surface area contributed by atoms with Gasteiger partial charge in [-0.15, -0.1) is 0 Å². The molecule has 2 fully saturated rings. The largest absolute Gasteiger partial charge is 0.381 e. The summed E-state index contributed by atoms with van der Waals surface area (Å²) in [5.41, 5.74) is 2.01. The molecule has 2 aromatic rings. The first kappa shape index (κ1) is 17.9. The van der Waals surface area contributed by atoms with Gasteiger partial charge in [-0.05, 0) is 37.2 Å². The zero-order chi connectivity index (χ0) is 18.8. The minimum Gasteiger partial charge on any atom is -0.381 e. The number of carbonyl (C=O) groups is 1. The fraction of sp³-hybridized carbons (Fsp3) is 0.526. The Labute approximate surface area is 157 Å². The van der Waals surface area contributed by atoms with Crippen molar-refractivity contribution in [2.75, 3.05) is 31.6 Å². The van der Waals surface area contributed by atoms with Gasteiger partial charge in [-0.1, -0.05) is 6.58 Å². The number of ether oxygens (including phenoxy) is 1. The molecule has 2 N–H and O–H groups in total. The molecule has 2 saturated heterocycles. The van der Waals surface area contributed by atoms with E-state index in [2.05, 4.69) is 26.8 Å². The van der Waals surface area contributed by atoms with Gasteiger partial charge in [0.1, 0.15) is 17.8 Å². The van der Waals surface area contributed by atoms with E-state index in [4.69, 9.17) is 4.74 Å². The van der Waals surface area contributed by atoms with E-state index in [0.29, 0.717) is 19.0 Å². The van der Waals surface area contributed by atoms with E-state index in [9.17, 15) is 9.18 Å². The van der Waals surface area contributed by atoms with Crippen molar-refractivity contribution in [3.63, 3.8) is 0 Å². The molecule has 1 amide bonds. The maximum absolute atomic E-state index is 13.2. The summed E-state index contributed by atoms with van der Waals surface area (Å²) in [4.78, 5) is 25.5. The van der Waals surface area contributed by atoms with Crippen LogP contribution >= 0.6 is 0 Å². The van der Waals surface area contributed by atoms with Crippen LogP contribution in [-0.4, -0.2) is 58.1 Å². The number of nitrogens with zero attached hydrogens (tertiary/aromatic N) is 3. The molecule has 8 heteroatoms. The number of nitrogens with one attached hydrogen (secondary N) is 2. The summed E-state index contributed by atoms with van der Waals surface area (Å²) in [7, 11) is 0. The molecule has 4 heterocycles. The van der Waals surface area contributed by atoms with Gasteiger partial charge in [-0.2, -0.15) is 0 Å². The van der Waals surface area contributed by atoms with Crippen molar-refractivity contribution in [1.82, 2.24) is 19.9 Å². The molecule has 144 valence electrons. The standard InChI is InChI=1S/C19H24FN5O2/c1-12(20)19(26)25-6-2-3-14(10-25)24-18-16-15(13-4-7-27-8-5-13)9-21-17(16)22-11-23-18/h9,11,13-14H,1-8,10H2,(H2,21,22,23,24)/t14-/m1/s1. The highest BCUT2D eigenvalue weighted by Gasteiger charge is 2.27. The van der Waals surface area contributed by atoms with Crippen LogP contribution in [0.4, 0.5) is 10.2 Å². The minimum absolute atomic E-state index is 0.0117. The first-order valence-electron chi connectivity index (χ1n) is 9.43. The van der Waals surface area contributed by atoms with Crippen molar-refractivity contribution in [2.45, 2.75) is 37.6 Å². The average Bonchev–Trinajstić information content (AvgIpc) is 3.13. The molecule has 2 aliphatic rings. The van der Waals surface area contributed by atoms with Crippen molar-refractivity contribution >= 4 is 22.8 Å². The molecule has 4 rings (SSSR count). The summed E-state index contributed by atoms with van der Waals surface area (Å²) in [5, 5.41) is 4.47. The number of aromatic amines is 1. The van der Waals surface area contributed by atoms with E-state index >= 15 is 0 Å². The predicted molar refractivity (Wildman–Crippen MR) is 100 cm³/mol. The molecule has 7 nitrogen and oxygen atoms in total. The highest BCUT2D eigenvalue weighted by molar-refractivity contribution is 5.92. The lowest BCUT2D eigenvalue weighted by Gasteiger charge is -2.33.